The van der Waals surface area contributed by atoms with E-state index in [9.17, 15) is 0 Å². The standard InChI is InChI=1S/C10H20I4S/c1-7(2)9(10-6-8(10)3)4-5-15(11,12,13)14/h7-10,15H,4-6H2,1-3H3/t8?,9-,10?/m1/s1. The molecule has 0 aromatic rings. The van der Waals surface area contributed by atoms with Gasteiger partial charge in [-0.2, -0.15) is 0 Å². The first-order valence-electron chi connectivity index (χ1n) is 5.45. The van der Waals surface area contributed by atoms with Crippen LogP contribution in [-0.4, -0.2) is 5.75 Å². The molecule has 0 bridgehead atoms. The Morgan fingerprint density at radius 1 is 1.20 bits per heavy atom. The van der Waals surface area contributed by atoms with E-state index in [1.165, 1.54) is 18.6 Å². The number of rotatable bonds is 5. The lowest BCUT2D eigenvalue weighted by Gasteiger charge is -2.39. The van der Waals surface area contributed by atoms with E-state index >= 15 is 0 Å². The minimum absolute atomic E-state index is 0.874. The Bertz CT molecular complexity index is 224. The van der Waals surface area contributed by atoms with Crippen LogP contribution in [0, 0.1) is 23.7 Å². The predicted octanol–water partition coefficient (Wildman–Crippen LogP) is 6.78. The molecule has 0 amide bonds. The molecule has 0 heterocycles. The van der Waals surface area contributed by atoms with E-state index in [0.717, 1.165) is 23.7 Å². The third-order valence-corrected chi connectivity index (χ3v) is 10.1. The van der Waals surface area contributed by atoms with Gasteiger partial charge in [0.1, 0.15) is 0 Å². The Balaban J connectivity index is 2.47. The van der Waals surface area contributed by atoms with Crippen LogP contribution >= 0.6 is 82.7 Å². The fourth-order valence-corrected chi connectivity index (χ4v) is 6.36. The molecule has 5 heteroatoms. The van der Waals surface area contributed by atoms with Gasteiger partial charge in [-0.3, -0.25) is 0 Å². The second-order valence-electron chi connectivity index (χ2n) is 5.16. The normalized spacial score (nSPS) is 31.1. The maximum atomic E-state index is 2.71. The van der Waals surface area contributed by atoms with E-state index in [0.29, 0.717) is 0 Å². The number of hydrogen-bond acceptors (Lipinski definition) is 0. The zero-order valence-electron chi connectivity index (χ0n) is 9.39. The summed E-state index contributed by atoms with van der Waals surface area (Å²) in [5, 5.41) is 0. The van der Waals surface area contributed by atoms with Crippen molar-refractivity contribution in [3.05, 3.63) is 0 Å². The Morgan fingerprint density at radius 3 is 1.93 bits per heavy atom. The van der Waals surface area contributed by atoms with Gasteiger partial charge in [0.05, 0.1) is 0 Å². The smallest absolute Gasteiger partial charge is 0.00656 e. The van der Waals surface area contributed by atoms with Gasteiger partial charge < -0.3 is 0 Å². The van der Waals surface area contributed by atoms with Crippen molar-refractivity contribution in [2.45, 2.75) is 33.6 Å². The molecule has 2 unspecified atom stereocenters. The van der Waals surface area contributed by atoms with Gasteiger partial charge in [-0.15, -0.1) is -2.15 Å². The molecule has 0 aliphatic heterocycles. The molecule has 0 spiro atoms. The van der Waals surface area contributed by atoms with Crippen molar-refractivity contribution in [3.63, 3.8) is 0 Å². The minimum Gasteiger partial charge on any atom is -0.116 e. The van der Waals surface area contributed by atoms with Crippen molar-refractivity contribution in [2.24, 2.45) is 23.7 Å². The van der Waals surface area contributed by atoms with Gasteiger partial charge in [0, 0.05) is 0 Å². The summed E-state index contributed by atoms with van der Waals surface area (Å²) in [5.41, 5.74) is 0. The molecule has 1 saturated carbocycles. The van der Waals surface area contributed by atoms with E-state index in [1.807, 2.05) is 0 Å². The zero-order valence-corrected chi connectivity index (χ0v) is 18.9. The molecule has 1 rings (SSSR count). The molecule has 1 aliphatic carbocycles. The molecule has 15 heavy (non-hydrogen) atoms. The summed E-state index contributed by atoms with van der Waals surface area (Å²) in [7, 11) is 0. The first-order valence-corrected chi connectivity index (χ1v) is 19.0. The van der Waals surface area contributed by atoms with Crippen LogP contribution in [0.5, 0.6) is 0 Å². The summed E-state index contributed by atoms with van der Waals surface area (Å²) in [6, 6.07) is 0. The Kier molecular flexibility index (Phi) is 6.23. The van der Waals surface area contributed by atoms with Gasteiger partial charge in [-0.05, 0) is 127 Å². The summed E-state index contributed by atoms with van der Waals surface area (Å²) in [6.07, 6.45) is 2.94. The van der Waals surface area contributed by atoms with Crippen molar-refractivity contribution in [1.29, 1.82) is 0 Å². The molecular weight excluding hydrogens is 660 g/mol. The van der Waals surface area contributed by atoms with Gasteiger partial charge in [0.15, 0.2) is 0 Å². The van der Waals surface area contributed by atoms with Crippen LogP contribution in [0.3, 0.4) is 0 Å². The molecule has 3 atom stereocenters. The fourth-order valence-electron chi connectivity index (χ4n) is 2.33. The maximum absolute atomic E-state index is 2.71. The van der Waals surface area contributed by atoms with Crippen molar-refractivity contribution in [2.75, 3.05) is 5.75 Å². The van der Waals surface area contributed by atoms with Crippen LogP contribution in [0.2, 0.25) is 0 Å². The summed E-state index contributed by atoms with van der Waals surface area (Å²) < 4.78 is -1.38. The average molecular weight is 680 g/mol. The second kappa shape index (κ2) is 5.72. The molecular formula is C10H20I4S. The number of hydrogen-bond donors (Lipinski definition) is 1. The highest BCUT2D eigenvalue weighted by atomic mass is 127. The first kappa shape index (κ1) is 16.3. The number of halogens is 4. The highest BCUT2D eigenvalue weighted by molar-refractivity contribution is 14.6. The molecule has 0 N–H and O–H groups in total. The van der Waals surface area contributed by atoms with Gasteiger partial charge >= 0.3 is 0 Å². The van der Waals surface area contributed by atoms with Crippen LogP contribution in [0.1, 0.15) is 33.6 Å². The molecule has 1 aliphatic rings. The average Bonchev–Trinajstić information content (AvgIpc) is 2.62. The molecule has 0 aromatic heterocycles. The molecule has 1 fully saturated rings. The van der Waals surface area contributed by atoms with Crippen LogP contribution in [0.25, 0.3) is 0 Å². The monoisotopic (exact) mass is 680 g/mol. The van der Waals surface area contributed by atoms with Crippen molar-refractivity contribution in [3.8, 4) is 0 Å². The molecule has 0 saturated heterocycles. The van der Waals surface area contributed by atoms with Crippen LogP contribution < -0.4 is 0 Å². The predicted molar refractivity (Wildman–Crippen MR) is 110 cm³/mol. The minimum atomic E-state index is -1.38. The fraction of sp³-hybridized carbons (Fsp3) is 1.00. The summed E-state index contributed by atoms with van der Waals surface area (Å²) in [6.45, 7) is 7.24. The van der Waals surface area contributed by atoms with Crippen molar-refractivity contribution in [1.82, 2.24) is 0 Å². The first-order chi connectivity index (χ1) is 6.56. The highest BCUT2D eigenvalue weighted by Gasteiger charge is 2.41. The van der Waals surface area contributed by atoms with E-state index in [2.05, 4.69) is 106 Å². The van der Waals surface area contributed by atoms with E-state index in [1.54, 1.807) is 0 Å². The van der Waals surface area contributed by atoms with Crippen molar-refractivity contribution >= 4 is 82.7 Å². The van der Waals surface area contributed by atoms with Gasteiger partial charge in [0.2, 0.25) is 0 Å². The molecule has 0 radical (unpaired) electrons. The van der Waals surface area contributed by atoms with Crippen LogP contribution in [0.15, 0.2) is 0 Å². The lowest BCUT2D eigenvalue weighted by Crippen LogP contribution is -2.14. The van der Waals surface area contributed by atoms with Crippen LogP contribution in [-0.2, 0) is 0 Å². The lowest BCUT2D eigenvalue weighted by molar-refractivity contribution is 0.320. The molecule has 94 valence electrons. The highest BCUT2D eigenvalue weighted by Crippen LogP contribution is 2.96. The van der Waals surface area contributed by atoms with E-state index in [-0.39, 0.29) is 0 Å². The third kappa shape index (κ3) is 6.84. The van der Waals surface area contributed by atoms with E-state index in [4.69, 9.17) is 0 Å². The SMILES string of the molecule is CC1CC1[C@H](CC[SH](I)(I)(I)I)C(C)C. The van der Waals surface area contributed by atoms with E-state index < -0.39 is -2.15 Å². The quantitative estimate of drug-likeness (QED) is 0.241. The molecule has 0 nitrogen and oxygen atoms in total. The zero-order chi connectivity index (χ0) is 11.9. The summed E-state index contributed by atoms with van der Waals surface area (Å²) in [4.78, 5) is 0. The second-order valence-corrected chi connectivity index (χ2v) is 66.1. The van der Waals surface area contributed by atoms with Gasteiger partial charge in [-0.25, -0.2) is 0 Å². The Labute approximate surface area is 143 Å². The van der Waals surface area contributed by atoms with Crippen LogP contribution in [0.4, 0.5) is 0 Å². The maximum Gasteiger partial charge on any atom is -0.00656 e. The van der Waals surface area contributed by atoms with Gasteiger partial charge in [-0.1, -0.05) is 20.8 Å². The molecule has 0 aromatic carbocycles. The number of thiol groups is 1. The summed E-state index contributed by atoms with van der Waals surface area (Å²) >= 11 is 10.8. The summed E-state index contributed by atoms with van der Waals surface area (Å²) in [5.74, 6) is 5.34. The Morgan fingerprint density at radius 2 is 1.67 bits per heavy atom. The third-order valence-electron chi connectivity index (χ3n) is 3.38. The Hall–Kier alpha value is 3.27. The topological polar surface area (TPSA) is 0 Å². The largest absolute Gasteiger partial charge is 0.116 e. The van der Waals surface area contributed by atoms with Crippen molar-refractivity contribution < 1.29 is 0 Å². The van der Waals surface area contributed by atoms with Gasteiger partial charge in [0.25, 0.3) is 0 Å². The lowest BCUT2D eigenvalue weighted by atomic mass is 9.88.